The molecule has 0 spiro atoms. The molecule has 0 aromatic carbocycles. The van der Waals surface area contributed by atoms with Crippen LogP contribution in [0, 0.1) is 0 Å². The minimum Gasteiger partial charge on any atom is -0.375 e. The predicted octanol–water partition coefficient (Wildman–Crippen LogP) is 3.32. The third-order valence-corrected chi connectivity index (χ3v) is 6.23. The van der Waals surface area contributed by atoms with Crippen LogP contribution in [0.1, 0.15) is 75.2 Å². The van der Waals surface area contributed by atoms with Crippen molar-refractivity contribution in [3.8, 4) is 0 Å². The Morgan fingerprint density at radius 2 is 2.12 bits per heavy atom. The van der Waals surface area contributed by atoms with E-state index in [1.165, 1.54) is 49.9 Å². The molecule has 148 valence electrons. The van der Waals surface area contributed by atoms with E-state index in [9.17, 15) is 0 Å². The van der Waals surface area contributed by atoms with Crippen molar-refractivity contribution in [1.29, 1.82) is 0 Å². The Balaban J connectivity index is 1.71. The number of aryl methyl sites for hydroxylation is 1. The van der Waals surface area contributed by atoms with Gasteiger partial charge >= 0.3 is 0 Å². The molecule has 0 amide bonds. The molecule has 1 aromatic heterocycles. The molecule has 0 atom stereocenters. The van der Waals surface area contributed by atoms with Gasteiger partial charge in [0.1, 0.15) is 0 Å². The van der Waals surface area contributed by atoms with Gasteiger partial charge in [-0.2, -0.15) is 5.10 Å². The maximum atomic E-state index is 6.18. The normalized spacial score (nSPS) is 25.8. The van der Waals surface area contributed by atoms with Crippen LogP contribution in [0.2, 0.25) is 0 Å². The summed E-state index contributed by atoms with van der Waals surface area (Å²) in [6.45, 7) is 9.56. The summed E-state index contributed by atoms with van der Waals surface area (Å²) in [6.07, 6.45) is 8.42. The third-order valence-electron chi connectivity index (χ3n) is 6.23. The maximum absolute atomic E-state index is 6.18. The van der Waals surface area contributed by atoms with E-state index >= 15 is 0 Å². The van der Waals surface area contributed by atoms with E-state index in [1.54, 1.807) is 5.56 Å². The highest BCUT2D eigenvalue weighted by atomic mass is 16.5. The molecule has 0 unspecified atom stereocenters. The first-order valence-corrected chi connectivity index (χ1v) is 10.6. The summed E-state index contributed by atoms with van der Waals surface area (Å²) in [4.78, 5) is 2.40. The lowest BCUT2D eigenvalue weighted by Gasteiger charge is -2.37. The van der Waals surface area contributed by atoms with E-state index in [0.29, 0.717) is 5.92 Å². The first-order valence-electron chi connectivity index (χ1n) is 10.6. The van der Waals surface area contributed by atoms with Crippen LogP contribution in [0.4, 0.5) is 0 Å². The zero-order valence-electron chi connectivity index (χ0n) is 17.3. The van der Waals surface area contributed by atoms with Crippen molar-refractivity contribution in [3.05, 3.63) is 17.0 Å². The number of aromatic nitrogens is 2. The summed E-state index contributed by atoms with van der Waals surface area (Å²) in [5, 5.41) is 8.27. The van der Waals surface area contributed by atoms with Gasteiger partial charge in [-0.25, -0.2) is 0 Å². The Morgan fingerprint density at radius 3 is 2.81 bits per heavy atom. The molecule has 26 heavy (non-hydrogen) atoms. The first kappa shape index (κ1) is 19.8. The predicted molar refractivity (Wildman–Crippen MR) is 107 cm³/mol. The van der Waals surface area contributed by atoms with Crippen molar-refractivity contribution >= 4 is 0 Å². The van der Waals surface area contributed by atoms with Crippen molar-refractivity contribution in [3.63, 3.8) is 0 Å². The van der Waals surface area contributed by atoms with Gasteiger partial charge in [0.15, 0.2) is 0 Å². The number of likely N-dealkylation sites (N-methyl/N-ethyl adjacent to an activating group) is 2. The third kappa shape index (κ3) is 4.49. The highest BCUT2D eigenvalue weighted by molar-refractivity contribution is 5.33. The van der Waals surface area contributed by atoms with Gasteiger partial charge in [0.25, 0.3) is 0 Å². The van der Waals surface area contributed by atoms with Crippen LogP contribution in [-0.2, 0) is 24.2 Å². The molecular formula is C21H38N4O. The molecule has 0 bridgehead atoms. The smallest absolute Gasteiger partial charge is 0.0802 e. The van der Waals surface area contributed by atoms with Gasteiger partial charge in [0.05, 0.1) is 11.3 Å². The van der Waals surface area contributed by atoms with E-state index in [4.69, 9.17) is 9.84 Å². The number of fused-ring (bicyclic) bond motifs is 1. The molecule has 5 heteroatoms. The molecule has 1 aliphatic carbocycles. The van der Waals surface area contributed by atoms with Crippen LogP contribution in [0.3, 0.4) is 0 Å². The van der Waals surface area contributed by atoms with Gasteiger partial charge in [-0.15, -0.1) is 0 Å². The Labute approximate surface area is 159 Å². The van der Waals surface area contributed by atoms with Crippen molar-refractivity contribution in [2.24, 2.45) is 0 Å². The zero-order chi connectivity index (χ0) is 18.6. The number of rotatable bonds is 9. The minimum absolute atomic E-state index is 0.0899. The Hall–Kier alpha value is -0.910. The van der Waals surface area contributed by atoms with Gasteiger partial charge in [-0.1, -0.05) is 6.92 Å². The fourth-order valence-electron chi connectivity index (χ4n) is 4.65. The van der Waals surface area contributed by atoms with Crippen LogP contribution in [0.25, 0.3) is 0 Å². The van der Waals surface area contributed by atoms with E-state index in [2.05, 4.69) is 35.8 Å². The quantitative estimate of drug-likeness (QED) is 0.732. The number of hydrogen-bond acceptors (Lipinski definition) is 4. The van der Waals surface area contributed by atoms with Crippen molar-refractivity contribution in [2.75, 3.05) is 33.8 Å². The molecule has 1 aliphatic heterocycles. The van der Waals surface area contributed by atoms with E-state index in [0.717, 1.165) is 39.2 Å². The molecule has 5 nitrogen and oxygen atoms in total. The lowest BCUT2D eigenvalue weighted by molar-refractivity contribution is -0.0590. The fourth-order valence-corrected chi connectivity index (χ4v) is 4.65. The number of nitrogens with one attached hydrogen (secondary N) is 1. The van der Waals surface area contributed by atoms with Crippen LogP contribution in [-0.4, -0.2) is 54.1 Å². The fraction of sp³-hybridized carbons (Fsp3) is 0.857. The number of hydrogen-bond donors (Lipinski definition) is 1. The molecule has 1 aromatic rings. The number of ether oxygens (including phenoxy) is 1. The average molecular weight is 363 g/mol. The second-order valence-electron chi connectivity index (χ2n) is 8.55. The summed E-state index contributed by atoms with van der Waals surface area (Å²) in [7, 11) is 4.23. The molecule has 0 radical (unpaired) electrons. The van der Waals surface area contributed by atoms with Crippen LogP contribution in [0.15, 0.2) is 0 Å². The molecule has 2 aliphatic rings. The Morgan fingerprint density at radius 1 is 1.35 bits per heavy atom. The van der Waals surface area contributed by atoms with Crippen LogP contribution >= 0.6 is 0 Å². The first-order chi connectivity index (χ1) is 12.6. The molecule has 3 rings (SSSR count). The van der Waals surface area contributed by atoms with Gasteiger partial charge in [-0.05, 0) is 71.9 Å². The second-order valence-corrected chi connectivity index (χ2v) is 8.55. The standard InChI is InChI=1S/C21H38N4O/c1-5-15-26-21(2)10-8-17(9-11-21)20-18(16-24(4)14-12-22-3)23-25-13-6-7-19(20)25/h17,22H,5-16H2,1-4H3. The molecule has 0 saturated heterocycles. The van der Waals surface area contributed by atoms with Gasteiger partial charge in [0, 0.05) is 44.0 Å². The summed E-state index contributed by atoms with van der Waals surface area (Å²) < 4.78 is 8.48. The zero-order valence-corrected chi connectivity index (χ0v) is 17.3. The summed E-state index contributed by atoms with van der Waals surface area (Å²) >= 11 is 0. The van der Waals surface area contributed by atoms with Gasteiger partial charge in [0.2, 0.25) is 0 Å². The maximum Gasteiger partial charge on any atom is 0.0802 e. The molecule has 1 saturated carbocycles. The Kier molecular flexibility index (Phi) is 6.76. The van der Waals surface area contributed by atoms with E-state index in [-0.39, 0.29) is 5.60 Å². The Bertz CT molecular complexity index is 575. The van der Waals surface area contributed by atoms with Crippen molar-refractivity contribution < 1.29 is 4.74 Å². The molecular weight excluding hydrogens is 324 g/mol. The summed E-state index contributed by atoms with van der Waals surface area (Å²) in [5.41, 5.74) is 4.55. The highest BCUT2D eigenvalue weighted by Crippen LogP contribution is 2.43. The average Bonchev–Trinajstić information content (AvgIpc) is 3.20. The van der Waals surface area contributed by atoms with Crippen molar-refractivity contribution in [2.45, 2.75) is 83.4 Å². The van der Waals surface area contributed by atoms with Crippen LogP contribution in [0.5, 0.6) is 0 Å². The largest absolute Gasteiger partial charge is 0.375 e. The monoisotopic (exact) mass is 362 g/mol. The van der Waals surface area contributed by atoms with Crippen LogP contribution < -0.4 is 5.32 Å². The summed E-state index contributed by atoms with van der Waals surface area (Å²) in [6, 6.07) is 0. The summed E-state index contributed by atoms with van der Waals surface area (Å²) in [5.74, 6) is 0.669. The lowest BCUT2D eigenvalue weighted by atomic mass is 9.76. The molecule has 1 N–H and O–H groups in total. The minimum atomic E-state index is 0.0899. The van der Waals surface area contributed by atoms with E-state index in [1.807, 2.05) is 7.05 Å². The highest BCUT2D eigenvalue weighted by Gasteiger charge is 2.36. The number of nitrogens with zero attached hydrogens (tertiary/aromatic N) is 3. The van der Waals surface area contributed by atoms with Gasteiger partial charge < -0.3 is 10.1 Å². The molecule has 1 fully saturated rings. The topological polar surface area (TPSA) is 42.3 Å². The van der Waals surface area contributed by atoms with Crippen molar-refractivity contribution in [1.82, 2.24) is 20.0 Å². The van der Waals surface area contributed by atoms with Gasteiger partial charge in [-0.3, -0.25) is 9.58 Å². The second kappa shape index (κ2) is 8.85. The molecule has 2 heterocycles. The van der Waals surface area contributed by atoms with E-state index < -0.39 is 0 Å². The SMILES string of the molecule is CCCOC1(C)CCC(c2c(CN(C)CCNC)nn3c2CCC3)CC1. The lowest BCUT2D eigenvalue weighted by Crippen LogP contribution is -2.34.